The van der Waals surface area contributed by atoms with Crippen LogP contribution in [-0.4, -0.2) is 38.2 Å². The monoisotopic (exact) mass is 272 g/mol. The van der Waals surface area contributed by atoms with E-state index in [1.165, 1.54) is 0 Å². The number of methoxy groups -OCH3 is 1. The lowest BCUT2D eigenvalue weighted by Crippen LogP contribution is -2.42. The fraction of sp³-hybridized carbons (Fsp3) is 0.538. The molecule has 18 heavy (non-hydrogen) atoms. The van der Waals surface area contributed by atoms with Gasteiger partial charge in [-0.3, -0.25) is 4.90 Å². The van der Waals surface area contributed by atoms with Crippen molar-refractivity contribution in [1.29, 1.82) is 0 Å². The first-order valence-electron chi connectivity index (χ1n) is 6.08. The van der Waals surface area contributed by atoms with E-state index in [-0.39, 0.29) is 5.02 Å². The first kappa shape index (κ1) is 13.6. The molecule has 1 aliphatic rings. The molecule has 0 atom stereocenters. The Morgan fingerprint density at radius 3 is 2.72 bits per heavy atom. The van der Waals surface area contributed by atoms with Crippen LogP contribution < -0.4 is 10.1 Å². The summed E-state index contributed by atoms with van der Waals surface area (Å²) in [5.74, 6) is 0.216. The minimum Gasteiger partial charge on any atom is -0.496 e. The standard InChI is InChI=1S/C13H18ClFN2O/c1-9-12(15)11(14)7-10(13(9)18-2)8-17-5-3-16-4-6-17/h7,16H,3-6,8H2,1-2H3. The maximum atomic E-state index is 13.7. The highest BCUT2D eigenvalue weighted by atomic mass is 35.5. The van der Waals surface area contributed by atoms with Crippen molar-refractivity contribution in [3.8, 4) is 5.75 Å². The number of nitrogens with zero attached hydrogens (tertiary/aromatic N) is 1. The van der Waals surface area contributed by atoms with E-state index in [9.17, 15) is 4.39 Å². The topological polar surface area (TPSA) is 24.5 Å². The number of piperazine rings is 1. The van der Waals surface area contributed by atoms with E-state index in [0.29, 0.717) is 11.3 Å². The summed E-state index contributed by atoms with van der Waals surface area (Å²) < 4.78 is 19.0. The molecule has 0 aliphatic carbocycles. The van der Waals surface area contributed by atoms with Crippen molar-refractivity contribution >= 4 is 11.6 Å². The normalized spacial score (nSPS) is 16.9. The average molecular weight is 273 g/mol. The highest BCUT2D eigenvalue weighted by molar-refractivity contribution is 6.30. The second-order valence-corrected chi connectivity index (χ2v) is 4.92. The molecular weight excluding hydrogens is 255 g/mol. The van der Waals surface area contributed by atoms with Crippen LogP contribution in [0.5, 0.6) is 5.75 Å². The highest BCUT2D eigenvalue weighted by Crippen LogP contribution is 2.31. The van der Waals surface area contributed by atoms with Gasteiger partial charge in [0.2, 0.25) is 0 Å². The van der Waals surface area contributed by atoms with Gasteiger partial charge in [-0.05, 0) is 13.0 Å². The van der Waals surface area contributed by atoms with E-state index in [2.05, 4.69) is 10.2 Å². The zero-order chi connectivity index (χ0) is 13.1. The zero-order valence-corrected chi connectivity index (χ0v) is 11.5. The maximum absolute atomic E-state index is 13.7. The molecule has 3 nitrogen and oxygen atoms in total. The molecule has 0 unspecified atom stereocenters. The molecule has 1 heterocycles. The van der Waals surface area contributed by atoms with Gasteiger partial charge >= 0.3 is 0 Å². The predicted octanol–water partition coefficient (Wildman–Crippen LogP) is 2.20. The second-order valence-electron chi connectivity index (χ2n) is 4.52. The van der Waals surface area contributed by atoms with E-state index in [1.54, 1.807) is 20.1 Å². The zero-order valence-electron chi connectivity index (χ0n) is 10.7. The average Bonchev–Trinajstić information content (AvgIpc) is 2.38. The van der Waals surface area contributed by atoms with E-state index in [1.807, 2.05) is 0 Å². The fourth-order valence-electron chi connectivity index (χ4n) is 2.31. The van der Waals surface area contributed by atoms with Crippen LogP contribution in [0.4, 0.5) is 4.39 Å². The molecule has 1 fully saturated rings. The van der Waals surface area contributed by atoms with Gasteiger partial charge in [-0.2, -0.15) is 0 Å². The van der Waals surface area contributed by atoms with Crippen LogP contribution in [0.25, 0.3) is 0 Å². The van der Waals surface area contributed by atoms with Crippen molar-refractivity contribution < 1.29 is 9.13 Å². The van der Waals surface area contributed by atoms with Gasteiger partial charge < -0.3 is 10.1 Å². The summed E-state index contributed by atoms with van der Waals surface area (Å²) in [4.78, 5) is 2.31. The lowest BCUT2D eigenvalue weighted by molar-refractivity contribution is 0.230. The van der Waals surface area contributed by atoms with Crippen molar-refractivity contribution in [3.05, 3.63) is 28.0 Å². The van der Waals surface area contributed by atoms with Gasteiger partial charge in [-0.15, -0.1) is 0 Å². The first-order chi connectivity index (χ1) is 8.63. The molecule has 0 aromatic heterocycles. The largest absolute Gasteiger partial charge is 0.496 e. The van der Waals surface area contributed by atoms with E-state index in [0.717, 1.165) is 38.3 Å². The fourth-order valence-corrected chi connectivity index (χ4v) is 2.59. The van der Waals surface area contributed by atoms with Gasteiger partial charge in [0.25, 0.3) is 0 Å². The molecule has 0 radical (unpaired) electrons. The third-order valence-electron chi connectivity index (χ3n) is 3.28. The third kappa shape index (κ3) is 2.76. The van der Waals surface area contributed by atoms with Gasteiger partial charge in [0.05, 0.1) is 12.1 Å². The van der Waals surface area contributed by atoms with Crippen molar-refractivity contribution in [1.82, 2.24) is 10.2 Å². The molecule has 0 saturated carbocycles. The molecule has 100 valence electrons. The van der Waals surface area contributed by atoms with Crippen molar-refractivity contribution in [2.75, 3.05) is 33.3 Å². The Morgan fingerprint density at radius 1 is 1.44 bits per heavy atom. The van der Waals surface area contributed by atoms with Crippen molar-refractivity contribution in [3.63, 3.8) is 0 Å². The van der Waals surface area contributed by atoms with Gasteiger partial charge in [0, 0.05) is 43.9 Å². The number of hydrogen-bond acceptors (Lipinski definition) is 3. The van der Waals surface area contributed by atoms with E-state index >= 15 is 0 Å². The minimum absolute atomic E-state index is 0.165. The molecule has 1 aromatic rings. The van der Waals surface area contributed by atoms with Crippen LogP contribution in [0.2, 0.25) is 5.02 Å². The summed E-state index contributed by atoms with van der Waals surface area (Å²) in [7, 11) is 1.57. The lowest BCUT2D eigenvalue weighted by atomic mass is 10.1. The Labute approximate surface area is 112 Å². The van der Waals surface area contributed by atoms with Crippen molar-refractivity contribution in [2.45, 2.75) is 13.5 Å². The van der Waals surface area contributed by atoms with Crippen LogP contribution >= 0.6 is 11.6 Å². The number of benzene rings is 1. The maximum Gasteiger partial charge on any atom is 0.148 e. The van der Waals surface area contributed by atoms with Gasteiger partial charge in [0.15, 0.2) is 0 Å². The molecule has 0 amide bonds. The summed E-state index contributed by atoms with van der Waals surface area (Å²) in [6, 6.07) is 1.67. The number of hydrogen-bond donors (Lipinski definition) is 1. The summed E-state index contributed by atoms with van der Waals surface area (Å²) in [6.45, 7) is 6.37. The Bertz CT molecular complexity index is 433. The molecule has 1 aromatic carbocycles. The van der Waals surface area contributed by atoms with Crippen LogP contribution in [0.15, 0.2) is 6.07 Å². The molecule has 0 bridgehead atoms. The summed E-state index contributed by atoms with van der Waals surface area (Å²) >= 11 is 5.90. The Hall–Kier alpha value is -0.840. The van der Waals surface area contributed by atoms with Crippen LogP contribution in [-0.2, 0) is 6.54 Å². The second kappa shape index (κ2) is 5.87. The van der Waals surface area contributed by atoms with Crippen LogP contribution in [0.3, 0.4) is 0 Å². The van der Waals surface area contributed by atoms with Crippen LogP contribution in [0, 0.1) is 12.7 Å². The van der Waals surface area contributed by atoms with Gasteiger partial charge in [0.1, 0.15) is 11.6 Å². The van der Waals surface area contributed by atoms with E-state index in [4.69, 9.17) is 16.3 Å². The molecule has 5 heteroatoms. The van der Waals surface area contributed by atoms with Gasteiger partial charge in [-0.1, -0.05) is 11.6 Å². The Kier molecular flexibility index (Phi) is 4.43. The number of rotatable bonds is 3. The van der Waals surface area contributed by atoms with Gasteiger partial charge in [-0.25, -0.2) is 4.39 Å². The summed E-state index contributed by atoms with van der Waals surface area (Å²) in [5.41, 5.74) is 1.43. The number of nitrogens with one attached hydrogen (secondary N) is 1. The molecule has 0 spiro atoms. The lowest BCUT2D eigenvalue weighted by Gasteiger charge is -2.28. The number of ether oxygens (including phenoxy) is 1. The highest BCUT2D eigenvalue weighted by Gasteiger charge is 2.18. The molecular formula is C13H18ClFN2O. The number of halogens is 2. The quantitative estimate of drug-likeness (QED) is 0.913. The predicted molar refractivity (Wildman–Crippen MR) is 70.8 cm³/mol. The van der Waals surface area contributed by atoms with Crippen molar-refractivity contribution in [2.24, 2.45) is 0 Å². The molecule has 1 saturated heterocycles. The molecule has 2 rings (SSSR count). The summed E-state index contributed by atoms with van der Waals surface area (Å²) in [6.07, 6.45) is 0. The Morgan fingerprint density at radius 2 is 2.11 bits per heavy atom. The SMILES string of the molecule is COc1c(CN2CCNCC2)cc(Cl)c(F)c1C. The molecule has 1 N–H and O–H groups in total. The third-order valence-corrected chi connectivity index (χ3v) is 3.55. The minimum atomic E-state index is -0.391. The first-order valence-corrected chi connectivity index (χ1v) is 6.45. The summed E-state index contributed by atoms with van der Waals surface area (Å²) in [5, 5.41) is 3.47. The molecule has 1 aliphatic heterocycles. The van der Waals surface area contributed by atoms with E-state index < -0.39 is 5.82 Å². The van der Waals surface area contributed by atoms with Crippen LogP contribution in [0.1, 0.15) is 11.1 Å². The Balaban J connectivity index is 2.25. The smallest absolute Gasteiger partial charge is 0.148 e.